The maximum absolute atomic E-state index is 13.2. The molecular formula is C28H23F3N2O3S. The lowest BCUT2D eigenvalue weighted by molar-refractivity contribution is -0.137. The Morgan fingerprint density at radius 3 is 2.27 bits per heavy atom. The van der Waals surface area contributed by atoms with Gasteiger partial charge in [0.1, 0.15) is 0 Å². The third kappa shape index (κ3) is 5.04. The fourth-order valence-corrected chi connectivity index (χ4v) is 5.60. The van der Waals surface area contributed by atoms with Crippen molar-refractivity contribution in [3.63, 3.8) is 0 Å². The van der Waals surface area contributed by atoms with Crippen LogP contribution in [0.5, 0.6) is 0 Å². The number of rotatable bonds is 6. The second kappa shape index (κ2) is 9.23. The first kappa shape index (κ1) is 24.8. The molecule has 0 aliphatic heterocycles. The van der Waals surface area contributed by atoms with Crippen LogP contribution in [0.1, 0.15) is 32.6 Å². The van der Waals surface area contributed by atoms with Crippen LogP contribution in [0, 0.1) is 0 Å². The first-order valence-electron chi connectivity index (χ1n) is 11.6. The van der Waals surface area contributed by atoms with Gasteiger partial charge in [-0.15, -0.1) is 0 Å². The van der Waals surface area contributed by atoms with Crippen LogP contribution in [-0.2, 0) is 35.6 Å². The molecule has 0 atom stereocenters. The first-order valence-corrected chi connectivity index (χ1v) is 13.4. The molecular weight excluding hydrogens is 501 g/mol. The number of hydrogen-bond donors (Lipinski definition) is 1. The minimum Gasteiger partial charge on any atom is -0.321 e. The van der Waals surface area contributed by atoms with Crippen molar-refractivity contribution >= 4 is 38.1 Å². The standard InChI is InChI=1S/C28H23F3N2O3S/c1-37(35,36)33(23-6-3-5-22(16-23)28(29,30)31)17-18-8-10-21(11-9-18)27(34)32-25-15-14-20-13-12-19-4-2-7-24(25)26(19)20/h2-11,14-16H,12-13,17H2,1H3,(H,32,34). The molecule has 0 heterocycles. The van der Waals surface area contributed by atoms with Crippen LogP contribution in [-0.4, -0.2) is 20.6 Å². The average molecular weight is 525 g/mol. The van der Waals surface area contributed by atoms with Gasteiger partial charge < -0.3 is 5.32 Å². The lowest BCUT2D eigenvalue weighted by Crippen LogP contribution is -2.29. The van der Waals surface area contributed by atoms with E-state index < -0.39 is 21.8 Å². The third-order valence-corrected chi connectivity index (χ3v) is 7.67. The van der Waals surface area contributed by atoms with Crippen molar-refractivity contribution in [3.8, 4) is 0 Å². The number of amides is 1. The number of benzene rings is 4. The number of hydrogen-bond acceptors (Lipinski definition) is 3. The molecule has 0 spiro atoms. The number of alkyl halides is 3. The first-order chi connectivity index (χ1) is 17.5. The molecule has 9 heteroatoms. The van der Waals surface area contributed by atoms with Crippen LogP contribution in [0.3, 0.4) is 0 Å². The normalized spacial score (nSPS) is 13.1. The summed E-state index contributed by atoms with van der Waals surface area (Å²) in [7, 11) is -3.88. The number of carbonyl (C=O) groups is 1. The van der Waals surface area contributed by atoms with E-state index in [1.807, 2.05) is 24.3 Å². The van der Waals surface area contributed by atoms with Gasteiger partial charge in [-0.25, -0.2) is 8.42 Å². The van der Waals surface area contributed by atoms with Crippen molar-refractivity contribution in [2.24, 2.45) is 0 Å². The molecule has 190 valence electrons. The highest BCUT2D eigenvalue weighted by Gasteiger charge is 2.31. The Bertz CT molecular complexity index is 1600. The van der Waals surface area contributed by atoms with Gasteiger partial charge in [0.15, 0.2) is 0 Å². The number of aryl methyl sites for hydroxylation is 2. The van der Waals surface area contributed by atoms with E-state index in [1.165, 1.54) is 28.6 Å². The molecule has 0 saturated heterocycles. The summed E-state index contributed by atoms with van der Waals surface area (Å²) >= 11 is 0. The molecule has 0 bridgehead atoms. The van der Waals surface area contributed by atoms with Crippen molar-refractivity contribution in [1.29, 1.82) is 0 Å². The molecule has 0 unspecified atom stereocenters. The molecule has 0 saturated carbocycles. The summed E-state index contributed by atoms with van der Waals surface area (Å²) in [5, 5.41) is 5.14. The Labute approximate surface area is 212 Å². The number of nitrogens with zero attached hydrogens (tertiary/aromatic N) is 1. The molecule has 1 aliphatic carbocycles. The summed E-state index contributed by atoms with van der Waals surface area (Å²) in [4.78, 5) is 13.0. The largest absolute Gasteiger partial charge is 0.416 e. The smallest absolute Gasteiger partial charge is 0.321 e. The summed E-state index contributed by atoms with van der Waals surface area (Å²) < 4.78 is 65.2. The summed E-state index contributed by atoms with van der Waals surface area (Å²) in [6.45, 7) is -0.184. The Morgan fingerprint density at radius 2 is 1.59 bits per heavy atom. The second-order valence-electron chi connectivity index (χ2n) is 9.08. The maximum Gasteiger partial charge on any atom is 0.416 e. The van der Waals surface area contributed by atoms with Gasteiger partial charge in [0, 0.05) is 16.6 Å². The Morgan fingerprint density at radius 1 is 0.919 bits per heavy atom. The van der Waals surface area contributed by atoms with E-state index in [0.717, 1.165) is 40.9 Å². The van der Waals surface area contributed by atoms with Crippen LogP contribution in [0.25, 0.3) is 10.8 Å². The number of halogens is 3. The average Bonchev–Trinajstić information content (AvgIpc) is 3.28. The fourth-order valence-electron chi connectivity index (χ4n) is 4.72. The SMILES string of the molecule is CS(=O)(=O)N(Cc1ccc(C(=O)Nc2ccc3c4c(cccc24)CC3)cc1)c1cccc(C(F)(F)F)c1. The molecule has 0 aromatic heterocycles. The molecule has 1 aliphatic rings. The molecule has 1 N–H and O–H groups in total. The van der Waals surface area contributed by atoms with Gasteiger partial charge in [-0.2, -0.15) is 13.2 Å². The van der Waals surface area contributed by atoms with Crippen LogP contribution in [0.15, 0.2) is 78.9 Å². The summed E-state index contributed by atoms with van der Waals surface area (Å²) in [6, 6.07) is 20.5. The summed E-state index contributed by atoms with van der Waals surface area (Å²) in [5.41, 5.74) is 3.11. The molecule has 4 aromatic carbocycles. The molecule has 0 radical (unpaired) electrons. The molecule has 1 amide bonds. The quantitative estimate of drug-likeness (QED) is 0.328. The summed E-state index contributed by atoms with van der Waals surface area (Å²) in [6.07, 6.45) is -1.70. The zero-order valence-electron chi connectivity index (χ0n) is 19.8. The van der Waals surface area contributed by atoms with Gasteiger partial charge >= 0.3 is 6.18 Å². The molecule has 5 nitrogen and oxygen atoms in total. The topological polar surface area (TPSA) is 66.5 Å². The van der Waals surface area contributed by atoms with Gasteiger partial charge in [-0.1, -0.05) is 42.5 Å². The number of nitrogens with one attached hydrogen (secondary N) is 1. The lowest BCUT2D eigenvalue weighted by Gasteiger charge is -2.23. The Hall–Kier alpha value is -3.85. The minimum atomic E-state index is -4.60. The van der Waals surface area contributed by atoms with Crippen LogP contribution in [0.4, 0.5) is 24.5 Å². The number of carbonyl (C=O) groups excluding carboxylic acids is 1. The number of anilines is 2. The predicted molar refractivity (Wildman–Crippen MR) is 138 cm³/mol. The van der Waals surface area contributed by atoms with Crippen molar-refractivity contribution in [3.05, 3.63) is 107 Å². The highest BCUT2D eigenvalue weighted by molar-refractivity contribution is 7.92. The molecule has 0 fully saturated rings. The zero-order valence-corrected chi connectivity index (χ0v) is 20.7. The predicted octanol–water partition coefficient (Wildman–Crippen LogP) is 6.18. The molecule has 37 heavy (non-hydrogen) atoms. The van der Waals surface area contributed by atoms with Crippen molar-refractivity contribution in [1.82, 2.24) is 0 Å². The van der Waals surface area contributed by atoms with Gasteiger partial charge in [0.2, 0.25) is 10.0 Å². The molecule has 5 rings (SSSR count). The highest BCUT2D eigenvalue weighted by Crippen LogP contribution is 2.35. The lowest BCUT2D eigenvalue weighted by atomic mass is 10.0. The van der Waals surface area contributed by atoms with E-state index in [-0.39, 0.29) is 18.1 Å². The van der Waals surface area contributed by atoms with E-state index in [4.69, 9.17) is 0 Å². The summed E-state index contributed by atoms with van der Waals surface area (Å²) in [5.74, 6) is -0.317. The van der Waals surface area contributed by atoms with Crippen LogP contribution >= 0.6 is 0 Å². The van der Waals surface area contributed by atoms with E-state index in [0.29, 0.717) is 16.8 Å². The third-order valence-electron chi connectivity index (χ3n) is 6.53. The zero-order chi connectivity index (χ0) is 26.4. The van der Waals surface area contributed by atoms with Gasteiger partial charge in [-0.3, -0.25) is 9.10 Å². The van der Waals surface area contributed by atoms with Gasteiger partial charge in [0.25, 0.3) is 5.91 Å². The van der Waals surface area contributed by atoms with Crippen molar-refractivity contribution in [2.45, 2.75) is 25.6 Å². The Kier molecular flexibility index (Phi) is 6.19. The monoisotopic (exact) mass is 524 g/mol. The van der Waals surface area contributed by atoms with Crippen LogP contribution in [0.2, 0.25) is 0 Å². The van der Waals surface area contributed by atoms with Crippen LogP contribution < -0.4 is 9.62 Å². The van der Waals surface area contributed by atoms with Gasteiger partial charge in [0.05, 0.1) is 24.1 Å². The minimum absolute atomic E-state index is 0.0915. The van der Waals surface area contributed by atoms with E-state index in [2.05, 4.69) is 11.4 Å². The van der Waals surface area contributed by atoms with E-state index >= 15 is 0 Å². The fraction of sp³-hybridized carbons (Fsp3) is 0.179. The van der Waals surface area contributed by atoms with Crippen molar-refractivity contribution < 1.29 is 26.4 Å². The maximum atomic E-state index is 13.2. The van der Waals surface area contributed by atoms with E-state index in [9.17, 15) is 26.4 Å². The van der Waals surface area contributed by atoms with Gasteiger partial charge in [-0.05, 0) is 71.3 Å². The van der Waals surface area contributed by atoms with Crippen molar-refractivity contribution in [2.75, 3.05) is 15.9 Å². The second-order valence-corrected chi connectivity index (χ2v) is 11.0. The number of sulfonamides is 1. The highest BCUT2D eigenvalue weighted by atomic mass is 32.2. The molecule has 4 aromatic rings. The Balaban J connectivity index is 1.36. The van der Waals surface area contributed by atoms with E-state index in [1.54, 1.807) is 24.3 Å².